The van der Waals surface area contributed by atoms with Crippen LogP contribution in [0.2, 0.25) is 0 Å². The number of nitrogens with zero attached hydrogens (tertiary/aromatic N) is 2. The fourth-order valence-electron chi connectivity index (χ4n) is 5.47. The smallest absolute Gasteiger partial charge is 0.340 e. The first-order valence-corrected chi connectivity index (χ1v) is 14.3. The summed E-state index contributed by atoms with van der Waals surface area (Å²) >= 11 is 0. The Kier molecular flexibility index (Phi) is 8.44. The largest absolute Gasteiger partial charge is 0.416 e. The van der Waals surface area contributed by atoms with E-state index < -0.39 is 33.5 Å². The Morgan fingerprint density at radius 3 is 2.47 bits per heavy atom. The Labute approximate surface area is 211 Å². The van der Waals surface area contributed by atoms with Gasteiger partial charge in [-0.05, 0) is 77.1 Å². The zero-order chi connectivity index (χ0) is 27.0. The van der Waals surface area contributed by atoms with Crippen molar-refractivity contribution in [1.82, 2.24) is 15.1 Å². The Balaban J connectivity index is 1.73. The van der Waals surface area contributed by atoms with Crippen molar-refractivity contribution in [1.29, 1.82) is 0 Å². The van der Waals surface area contributed by atoms with Crippen molar-refractivity contribution in [2.45, 2.75) is 76.8 Å². The Hall–Kier alpha value is -2.14. The van der Waals surface area contributed by atoms with E-state index in [0.717, 1.165) is 12.5 Å². The number of halogens is 3. The highest BCUT2D eigenvalue weighted by Gasteiger charge is 2.44. The SMILES string of the molecule is Cc1ccc(C(=O)N[C@H]2CCN([C@H]3CC[C@@H](N(C)C(C)C)C[C@@H]3CS(C)(=O)=O)C2=O)cc1C(F)(F)F. The van der Waals surface area contributed by atoms with Crippen molar-refractivity contribution < 1.29 is 31.2 Å². The molecule has 7 nitrogen and oxygen atoms in total. The predicted octanol–water partition coefficient (Wildman–Crippen LogP) is 3.27. The molecule has 1 saturated carbocycles. The van der Waals surface area contributed by atoms with Gasteiger partial charge >= 0.3 is 6.18 Å². The molecule has 1 aromatic rings. The van der Waals surface area contributed by atoms with Gasteiger partial charge in [0.2, 0.25) is 5.91 Å². The Morgan fingerprint density at radius 1 is 1.22 bits per heavy atom. The molecule has 0 spiro atoms. The van der Waals surface area contributed by atoms with Gasteiger partial charge in [-0.2, -0.15) is 13.2 Å². The molecule has 0 radical (unpaired) electrons. The predicted molar refractivity (Wildman–Crippen MR) is 131 cm³/mol. The van der Waals surface area contributed by atoms with Crippen LogP contribution in [0.3, 0.4) is 0 Å². The molecule has 0 aromatic heterocycles. The van der Waals surface area contributed by atoms with Crippen LogP contribution >= 0.6 is 0 Å². The van der Waals surface area contributed by atoms with Gasteiger partial charge in [-0.3, -0.25) is 9.59 Å². The van der Waals surface area contributed by atoms with Crippen molar-refractivity contribution in [3.8, 4) is 0 Å². The molecule has 2 amide bonds. The number of alkyl halides is 3. The van der Waals surface area contributed by atoms with Crippen LogP contribution in [0.25, 0.3) is 0 Å². The van der Waals surface area contributed by atoms with Crippen LogP contribution in [0.5, 0.6) is 0 Å². The van der Waals surface area contributed by atoms with Crippen molar-refractivity contribution in [2.75, 3.05) is 25.6 Å². The Bertz CT molecular complexity index is 1090. The zero-order valence-corrected chi connectivity index (χ0v) is 22.2. The Morgan fingerprint density at radius 2 is 1.89 bits per heavy atom. The quantitative estimate of drug-likeness (QED) is 0.584. The van der Waals surface area contributed by atoms with Gasteiger partial charge in [0.1, 0.15) is 15.9 Å². The maximum absolute atomic E-state index is 13.3. The lowest BCUT2D eigenvalue weighted by Crippen LogP contribution is -2.53. The number of carbonyl (C=O) groups excluding carboxylic acids is 2. The molecule has 1 aromatic carbocycles. The highest BCUT2D eigenvalue weighted by atomic mass is 32.2. The lowest BCUT2D eigenvalue weighted by molar-refractivity contribution is -0.138. The number of nitrogens with one attached hydrogen (secondary N) is 1. The molecule has 3 rings (SSSR count). The first kappa shape index (κ1) is 28.4. The van der Waals surface area contributed by atoms with Crippen LogP contribution in [0.1, 0.15) is 61.0 Å². The summed E-state index contributed by atoms with van der Waals surface area (Å²) in [5.41, 5.74) is -1.04. The summed E-state index contributed by atoms with van der Waals surface area (Å²) in [4.78, 5) is 29.9. The van der Waals surface area contributed by atoms with Gasteiger partial charge in [-0.15, -0.1) is 0 Å². The van der Waals surface area contributed by atoms with Crippen LogP contribution in [0.4, 0.5) is 13.2 Å². The highest BCUT2D eigenvalue weighted by Crippen LogP contribution is 2.35. The number of rotatable bonds is 7. The van der Waals surface area contributed by atoms with E-state index in [4.69, 9.17) is 0 Å². The molecule has 1 N–H and O–H groups in total. The second kappa shape index (κ2) is 10.7. The van der Waals surface area contributed by atoms with Crippen LogP contribution in [0, 0.1) is 12.8 Å². The molecule has 11 heteroatoms. The number of amides is 2. The van der Waals surface area contributed by atoms with Crippen molar-refractivity contribution in [2.24, 2.45) is 5.92 Å². The van der Waals surface area contributed by atoms with E-state index in [1.54, 1.807) is 4.90 Å². The van der Waals surface area contributed by atoms with E-state index in [-0.39, 0.29) is 40.8 Å². The van der Waals surface area contributed by atoms with Gasteiger partial charge in [0, 0.05) is 36.5 Å². The van der Waals surface area contributed by atoms with Crippen molar-refractivity contribution >= 4 is 21.7 Å². The topological polar surface area (TPSA) is 86.8 Å². The molecule has 4 atom stereocenters. The lowest BCUT2D eigenvalue weighted by Gasteiger charge is -2.44. The maximum atomic E-state index is 13.3. The highest BCUT2D eigenvalue weighted by molar-refractivity contribution is 7.90. The summed E-state index contributed by atoms with van der Waals surface area (Å²) in [6, 6.07) is 2.75. The van der Waals surface area contributed by atoms with E-state index >= 15 is 0 Å². The molecule has 2 aliphatic rings. The summed E-state index contributed by atoms with van der Waals surface area (Å²) in [5, 5.41) is 2.59. The fourth-order valence-corrected chi connectivity index (χ4v) is 6.60. The first-order chi connectivity index (χ1) is 16.6. The molecular formula is C25H36F3N3O4S. The molecule has 1 aliphatic carbocycles. The maximum Gasteiger partial charge on any atom is 0.416 e. The second-order valence-electron chi connectivity index (χ2n) is 10.5. The number of sulfone groups is 1. The van der Waals surface area contributed by atoms with E-state index in [0.29, 0.717) is 31.8 Å². The minimum atomic E-state index is -4.59. The van der Waals surface area contributed by atoms with Gasteiger partial charge in [0.15, 0.2) is 0 Å². The molecule has 36 heavy (non-hydrogen) atoms. The van der Waals surface area contributed by atoms with Crippen LogP contribution in [0.15, 0.2) is 18.2 Å². The lowest BCUT2D eigenvalue weighted by atomic mass is 9.81. The third-order valence-electron chi connectivity index (χ3n) is 7.57. The summed E-state index contributed by atoms with van der Waals surface area (Å²) in [6.07, 6.45) is -0.940. The van der Waals surface area contributed by atoms with Crippen molar-refractivity contribution in [3.05, 3.63) is 34.9 Å². The standard InChI is InChI=1S/C25H36F3N3O4S/c1-15(2)30(4)19-8-9-22(18(12-19)14-36(5,34)35)31-11-10-21(24(31)33)29-23(32)17-7-6-16(3)20(13-17)25(26,27)28/h6-7,13,15,18-19,21-22H,8-12,14H2,1-5H3,(H,29,32)/t18-,19-,21+,22+/m1/s1. The summed E-state index contributed by atoms with van der Waals surface area (Å²) in [7, 11) is -1.26. The van der Waals surface area contributed by atoms with Crippen LogP contribution in [-0.2, 0) is 20.8 Å². The number of carbonyl (C=O) groups is 2. The van der Waals surface area contributed by atoms with E-state index in [9.17, 15) is 31.2 Å². The molecule has 202 valence electrons. The molecule has 1 saturated heterocycles. The summed E-state index contributed by atoms with van der Waals surface area (Å²) < 4.78 is 64.1. The molecule has 0 unspecified atom stereocenters. The number of hydrogen-bond donors (Lipinski definition) is 1. The van der Waals surface area contributed by atoms with Gasteiger partial charge < -0.3 is 15.1 Å². The van der Waals surface area contributed by atoms with E-state index in [2.05, 4.69) is 24.1 Å². The second-order valence-corrected chi connectivity index (χ2v) is 12.7. The minimum absolute atomic E-state index is 0.0119. The van der Waals surface area contributed by atoms with Gasteiger partial charge in [0.05, 0.1) is 11.3 Å². The summed E-state index contributed by atoms with van der Waals surface area (Å²) in [5.74, 6) is -1.31. The minimum Gasteiger partial charge on any atom is -0.340 e. The number of benzene rings is 1. The normalized spacial score (nSPS) is 25.6. The number of aryl methyl sites for hydroxylation is 1. The average Bonchev–Trinajstić information content (AvgIpc) is 3.11. The zero-order valence-electron chi connectivity index (χ0n) is 21.4. The van der Waals surface area contributed by atoms with Gasteiger partial charge in [-0.1, -0.05) is 6.07 Å². The molecule has 1 aliphatic heterocycles. The monoisotopic (exact) mass is 531 g/mol. The van der Waals surface area contributed by atoms with E-state index in [1.165, 1.54) is 25.3 Å². The van der Waals surface area contributed by atoms with Crippen LogP contribution in [-0.4, -0.2) is 79.8 Å². The van der Waals surface area contributed by atoms with Crippen LogP contribution < -0.4 is 5.32 Å². The molecular weight excluding hydrogens is 495 g/mol. The van der Waals surface area contributed by atoms with Crippen molar-refractivity contribution in [3.63, 3.8) is 0 Å². The fraction of sp³-hybridized carbons (Fsp3) is 0.680. The third-order valence-corrected chi connectivity index (χ3v) is 8.61. The average molecular weight is 532 g/mol. The first-order valence-electron chi connectivity index (χ1n) is 12.3. The third kappa shape index (κ3) is 6.59. The van der Waals surface area contributed by atoms with Gasteiger partial charge in [-0.25, -0.2) is 8.42 Å². The summed E-state index contributed by atoms with van der Waals surface area (Å²) in [6.45, 7) is 5.85. The molecule has 2 fully saturated rings. The number of hydrogen-bond acceptors (Lipinski definition) is 5. The van der Waals surface area contributed by atoms with E-state index in [1.807, 2.05) is 7.05 Å². The van der Waals surface area contributed by atoms with Gasteiger partial charge in [0.25, 0.3) is 5.91 Å². The molecule has 1 heterocycles. The molecule has 0 bridgehead atoms. The number of likely N-dealkylation sites (tertiary alicyclic amines) is 1.